The van der Waals surface area contributed by atoms with Crippen LogP contribution >= 0.6 is 0 Å². The van der Waals surface area contributed by atoms with Gasteiger partial charge in [-0.15, -0.1) is 0 Å². The molecule has 0 saturated heterocycles. The number of carbonyl (C=O) groups is 1. The first kappa shape index (κ1) is 15.0. The van der Waals surface area contributed by atoms with Crippen LogP contribution in [0.4, 0.5) is 0 Å². The Morgan fingerprint density at radius 1 is 1.33 bits per heavy atom. The first-order chi connectivity index (χ1) is 6.32. The molecule has 0 heterocycles. The third-order valence-corrected chi connectivity index (χ3v) is 2.36. The van der Waals surface area contributed by atoms with Crippen LogP contribution in [0.2, 0.25) is 0 Å². The minimum absolute atomic E-state index is 0. The average molecular weight is 256 g/mol. The minimum Gasteiger partial charge on any atom is -0.744 e. The fraction of sp³-hybridized carbons (Fsp3) is 0. The number of hydrogen-bond acceptors (Lipinski definition) is 5. The van der Waals surface area contributed by atoms with E-state index in [1.54, 1.807) is 0 Å². The Morgan fingerprint density at radius 3 is 2.20 bits per heavy atom. The van der Waals surface area contributed by atoms with E-state index in [1.165, 1.54) is 0 Å². The van der Waals surface area contributed by atoms with Crippen LogP contribution in [0.25, 0.3) is 0 Å². The van der Waals surface area contributed by atoms with Gasteiger partial charge in [0, 0.05) is 0 Å². The van der Waals surface area contributed by atoms with Gasteiger partial charge in [0.05, 0.1) is 10.5 Å². The molecule has 8 heteroatoms. The Kier molecular flexibility index (Phi) is 5.40. The van der Waals surface area contributed by atoms with E-state index in [4.69, 9.17) is 10.2 Å². The van der Waals surface area contributed by atoms with E-state index in [2.05, 4.69) is 0 Å². The summed E-state index contributed by atoms with van der Waals surface area (Å²) in [6, 6.07) is 2.38. The van der Waals surface area contributed by atoms with E-state index in [0.717, 1.165) is 12.1 Å². The van der Waals surface area contributed by atoms with Crippen LogP contribution in [0.15, 0.2) is 23.1 Å². The summed E-state index contributed by atoms with van der Waals surface area (Å²) in [4.78, 5) is 9.54. The molecule has 0 atom stereocenters. The molecule has 0 unspecified atom stereocenters. The third-order valence-electron chi connectivity index (χ3n) is 1.48. The molecule has 0 aliphatic rings. The predicted octanol–water partition coefficient (Wildman–Crippen LogP) is -3.00. The third kappa shape index (κ3) is 3.83. The van der Waals surface area contributed by atoms with Gasteiger partial charge in [0.15, 0.2) is 0 Å². The van der Waals surface area contributed by atoms with Gasteiger partial charge in [-0.2, -0.15) is 0 Å². The fourth-order valence-electron chi connectivity index (χ4n) is 0.862. The molecule has 0 amide bonds. The van der Waals surface area contributed by atoms with Crippen LogP contribution in [-0.4, -0.2) is 29.2 Å². The van der Waals surface area contributed by atoms with E-state index in [9.17, 15) is 17.8 Å². The van der Waals surface area contributed by atoms with Crippen LogP contribution in [0.5, 0.6) is 5.75 Å². The molecule has 0 aliphatic heterocycles. The zero-order valence-electron chi connectivity index (χ0n) is 7.67. The zero-order chi connectivity index (χ0) is 10.9. The first-order valence-corrected chi connectivity index (χ1v) is 4.75. The van der Waals surface area contributed by atoms with Gasteiger partial charge in [-0.25, -0.2) is 13.2 Å². The number of benzene rings is 1. The summed E-state index contributed by atoms with van der Waals surface area (Å²) in [7, 11) is -4.77. The SMILES string of the molecule is O=C(O)c1ccc(S(=O)(=O)[O-])c(O)c1.[K+]. The minimum atomic E-state index is -4.77. The van der Waals surface area contributed by atoms with Crippen molar-refractivity contribution >= 4 is 16.1 Å². The van der Waals surface area contributed by atoms with E-state index in [-0.39, 0.29) is 56.9 Å². The maximum absolute atomic E-state index is 10.5. The molecule has 1 aromatic carbocycles. The van der Waals surface area contributed by atoms with Gasteiger partial charge in [-0.05, 0) is 18.2 Å². The Balaban J connectivity index is 0.00000196. The van der Waals surface area contributed by atoms with Crippen LogP contribution < -0.4 is 51.4 Å². The standard InChI is InChI=1S/C7H6O6S.K/c8-5-3-4(7(9)10)1-2-6(5)14(11,12)13;/h1-3,8H,(H,9,10)(H,11,12,13);/q;+1/p-1. The molecule has 0 saturated carbocycles. The van der Waals surface area contributed by atoms with Crippen LogP contribution in [-0.2, 0) is 10.1 Å². The molecule has 0 aromatic heterocycles. The summed E-state index contributed by atoms with van der Waals surface area (Å²) in [5, 5.41) is 17.5. The monoisotopic (exact) mass is 256 g/mol. The van der Waals surface area contributed by atoms with Crippen molar-refractivity contribution in [3.05, 3.63) is 23.8 Å². The number of hydrogen-bond donors (Lipinski definition) is 2. The van der Waals surface area contributed by atoms with E-state index in [1.807, 2.05) is 0 Å². The van der Waals surface area contributed by atoms with Gasteiger partial charge in [-0.3, -0.25) is 0 Å². The Bertz CT molecular complexity index is 480. The largest absolute Gasteiger partial charge is 1.00 e. The molecule has 15 heavy (non-hydrogen) atoms. The van der Waals surface area contributed by atoms with Crippen molar-refractivity contribution in [1.82, 2.24) is 0 Å². The number of rotatable bonds is 2. The molecular formula is C7H5KO6S. The summed E-state index contributed by atoms with van der Waals surface area (Å²) < 4.78 is 31.4. The summed E-state index contributed by atoms with van der Waals surface area (Å²) in [6.45, 7) is 0. The maximum atomic E-state index is 10.5. The smallest absolute Gasteiger partial charge is 0.744 e. The molecule has 2 N–H and O–H groups in total. The van der Waals surface area contributed by atoms with Crippen molar-refractivity contribution in [3.8, 4) is 5.75 Å². The van der Waals surface area contributed by atoms with E-state index >= 15 is 0 Å². The van der Waals surface area contributed by atoms with Crippen LogP contribution in [0.3, 0.4) is 0 Å². The maximum Gasteiger partial charge on any atom is 1.00 e. The Labute approximate surface area is 128 Å². The normalized spacial score (nSPS) is 10.5. The van der Waals surface area contributed by atoms with Crippen molar-refractivity contribution in [2.75, 3.05) is 0 Å². The quantitative estimate of drug-likeness (QED) is 0.430. The van der Waals surface area contributed by atoms with Gasteiger partial charge in [-0.1, -0.05) is 0 Å². The molecule has 0 spiro atoms. The fourth-order valence-corrected chi connectivity index (χ4v) is 1.41. The molecule has 0 fully saturated rings. The molecule has 0 bridgehead atoms. The van der Waals surface area contributed by atoms with Crippen molar-refractivity contribution < 1.29 is 79.4 Å². The average Bonchev–Trinajstić information content (AvgIpc) is 2.01. The van der Waals surface area contributed by atoms with Gasteiger partial charge in [0.25, 0.3) is 0 Å². The second-order valence-corrected chi connectivity index (χ2v) is 3.79. The molecule has 1 rings (SSSR count). The Hall–Kier alpha value is 0.0364. The number of aromatic carboxylic acids is 1. The summed E-state index contributed by atoms with van der Waals surface area (Å²) in [6.07, 6.45) is 0. The molecular weight excluding hydrogens is 251 g/mol. The van der Waals surface area contributed by atoms with E-state index < -0.39 is 26.7 Å². The van der Waals surface area contributed by atoms with Crippen LogP contribution in [0.1, 0.15) is 10.4 Å². The number of phenolic OH excluding ortho intramolecular Hbond substituents is 1. The molecule has 0 aliphatic carbocycles. The first-order valence-electron chi connectivity index (χ1n) is 3.34. The van der Waals surface area contributed by atoms with Gasteiger partial charge in [0.1, 0.15) is 15.9 Å². The van der Waals surface area contributed by atoms with Gasteiger partial charge < -0.3 is 14.8 Å². The molecule has 0 radical (unpaired) electrons. The van der Waals surface area contributed by atoms with Crippen molar-refractivity contribution in [2.24, 2.45) is 0 Å². The number of carboxylic acid groups (broad SMARTS) is 1. The zero-order valence-corrected chi connectivity index (χ0v) is 11.6. The van der Waals surface area contributed by atoms with E-state index in [0.29, 0.717) is 6.07 Å². The molecule has 6 nitrogen and oxygen atoms in total. The van der Waals surface area contributed by atoms with Crippen LogP contribution in [0, 0.1) is 0 Å². The summed E-state index contributed by atoms with van der Waals surface area (Å²) in [5.74, 6) is -2.19. The number of aromatic hydroxyl groups is 1. The Morgan fingerprint density at radius 2 is 1.87 bits per heavy atom. The summed E-state index contributed by atoms with van der Waals surface area (Å²) in [5.41, 5.74) is -0.296. The molecule has 76 valence electrons. The second-order valence-electron chi connectivity index (χ2n) is 2.44. The summed E-state index contributed by atoms with van der Waals surface area (Å²) >= 11 is 0. The molecule has 1 aromatic rings. The van der Waals surface area contributed by atoms with Crippen molar-refractivity contribution in [2.45, 2.75) is 4.90 Å². The van der Waals surface area contributed by atoms with Gasteiger partial charge in [0.2, 0.25) is 0 Å². The van der Waals surface area contributed by atoms with Crippen molar-refractivity contribution in [1.29, 1.82) is 0 Å². The topological polar surface area (TPSA) is 115 Å². The predicted molar refractivity (Wildman–Crippen MR) is 43.0 cm³/mol. The number of phenols is 1. The van der Waals surface area contributed by atoms with Gasteiger partial charge >= 0.3 is 57.4 Å². The van der Waals surface area contributed by atoms with Crippen molar-refractivity contribution in [3.63, 3.8) is 0 Å². The second kappa shape index (κ2) is 5.39. The number of carboxylic acids is 1.